The van der Waals surface area contributed by atoms with Crippen LogP contribution in [0.1, 0.15) is 45.2 Å². The van der Waals surface area contributed by atoms with Gasteiger partial charge in [0.15, 0.2) is 0 Å². The van der Waals surface area contributed by atoms with Gasteiger partial charge >= 0.3 is 0 Å². The van der Waals surface area contributed by atoms with E-state index in [4.69, 9.17) is 10.6 Å². The quantitative estimate of drug-likeness (QED) is 0.535. The van der Waals surface area contributed by atoms with Crippen molar-refractivity contribution < 1.29 is 4.74 Å². The third kappa shape index (κ3) is 3.80. The third-order valence-electron chi connectivity index (χ3n) is 2.84. The molecule has 98 valence electrons. The Morgan fingerprint density at radius 2 is 2.24 bits per heavy atom. The normalized spacial score (nSPS) is 14.8. The van der Waals surface area contributed by atoms with Gasteiger partial charge in [0, 0.05) is 24.9 Å². The first-order valence-corrected chi connectivity index (χ1v) is 6.36. The van der Waals surface area contributed by atoms with Crippen LogP contribution < -0.4 is 11.3 Å². The summed E-state index contributed by atoms with van der Waals surface area (Å²) in [7, 11) is 0. The van der Waals surface area contributed by atoms with Gasteiger partial charge in [0.2, 0.25) is 0 Å². The topological polar surface area (TPSA) is 65.1 Å². The van der Waals surface area contributed by atoms with Gasteiger partial charge < -0.3 is 4.74 Å². The number of aryl methyl sites for hydroxylation is 1. The number of hydrogen-bond acceptors (Lipinski definition) is 4. The summed E-state index contributed by atoms with van der Waals surface area (Å²) in [5, 5.41) is 4.27. The fraction of sp³-hybridized carbons (Fsp3) is 0.750. The molecule has 2 unspecified atom stereocenters. The predicted octanol–water partition coefficient (Wildman–Crippen LogP) is 1.61. The molecule has 0 aliphatic heterocycles. The maximum absolute atomic E-state index is 5.75. The molecule has 1 rings (SSSR count). The summed E-state index contributed by atoms with van der Waals surface area (Å²) < 4.78 is 7.65. The molecule has 0 aromatic carbocycles. The monoisotopic (exact) mass is 240 g/mol. The summed E-state index contributed by atoms with van der Waals surface area (Å²) in [6.07, 6.45) is 6.04. The lowest BCUT2D eigenvalue weighted by Gasteiger charge is -2.25. The highest BCUT2D eigenvalue weighted by atomic mass is 16.5. The Morgan fingerprint density at radius 1 is 1.47 bits per heavy atom. The van der Waals surface area contributed by atoms with Gasteiger partial charge in [-0.2, -0.15) is 5.10 Å². The van der Waals surface area contributed by atoms with Crippen molar-refractivity contribution in [1.82, 2.24) is 15.2 Å². The highest BCUT2D eigenvalue weighted by Gasteiger charge is 2.23. The van der Waals surface area contributed by atoms with Gasteiger partial charge in [0.05, 0.1) is 18.3 Å². The first-order valence-electron chi connectivity index (χ1n) is 6.36. The fourth-order valence-corrected chi connectivity index (χ4v) is 1.98. The Labute approximate surface area is 103 Å². The minimum atomic E-state index is 0.00944. The second kappa shape index (κ2) is 7.42. The van der Waals surface area contributed by atoms with Crippen LogP contribution in [0.5, 0.6) is 0 Å². The molecule has 1 aromatic rings. The largest absolute Gasteiger partial charge is 0.376 e. The van der Waals surface area contributed by atoms with Crippen molar-refractivity contribution in [2.24, 2.45) is 5.84 Å². The molecule has 0 amide bonds. The molecule has 0 aliphatic rings. The maximum atomic E-state index is 5.75. The van der Waals surface area contributed by atoms with E-state index in [9.17, 15) is 0 Å². The van der Waals surface area contributed by atoms with Crippen molar-refractivity contribution in [1.29, 1.82) is 0 Å². The van der Waals surface area contributed by atoms with Crippen LogP contribution in [-0.4, -0.2) is 22.5 Å². The van der Waals surface area contributed by atoms with Gasteiger partial charge in [-0.1, -0.05) is 13.3 Å². The van der Waals surface area contributed by atoms with Gasteiger partial charge in [-0.15, -0.1) is 0 Å². The average molecular weight is 240 g/mol. The molecule has 0 spiro atoms. The zero-order valence-corrected chi connectivity index (χ0v) is 11.0. The minimum Gasteiger partial charge on any atom is -0.376 e. The molecule has 17 heavy (non-hydrogen) atoms. The number of ether oxygens (including phenoxy) is 1. The SMILES string of the molecule is CCCC(OCC)C(NN)c1cnn(CC)c1. The van der Waals surface area contributed by atoms with E-state index in [0.29, 0.717) is 6.61 Å². The average Bonchev–Trinajstić information content (AvgIpc) is 2.79. The van der Waals surface area contributed by atoms with Crippen LogP contribution in [0.25, 0.3) is 0 Å². The molecule has 2 atom stereocenters. The van der Waals surface area contributed by atoms with E-state index >= 15 is 0 Å². The number of hydrazine groups is 1. The van der Waals surface area contributed by atoms with Crippen molar-refractivity contribution in [3.8, 4) is 0 Å². The maximum Gasteiger partial charge on any atom is 0.0783 e. The number of hydrogen-bond donors (Lipinski definition) is 2. The fourth-order valence-electron chi connectivity index (χ4n) is 1.98. The molecule has 5 heteroatoms. The van der Waals surface area contributed by atoms with E-state index in [2.05, 4.69) is 24.4 Å². The van der Waals surface area contributed by atoms with Crippen molar-refractivity contribution in [3.63, 3.8) is 0 Å². The molecule has 0 bridgehead atoms. The number of nitrogens with two attached hydrogens (primary N) is 1. The van der Waals surface area contributed by atoms with Crippen molar-refractivity contribution in [2.45, 2.75) is 52.3 Å². The summed E-state index contributed by atoms with van der Waals surface area (Å²) in [5.41, 5.74) is 3.93. The van der Waals surface area contributed by atoms with E-state index < -0.39 is 0 Å². The lowest BCUT2D eigenvalue weighted by atomic mass is 10.0. The van der Waals surface area contributed by atoms with Gasteiger partial charge in [-0.05, 0) is 20.3 Å². The van der Waals surface area contributed by atoms with E-state index in [1.54, 1.807) is 0 Å². The lowest BCUT2D eigenvalue weighted by Crippen LogP contribution is -2.38. The second-order valence-corrected chi connectivity index (χ2v) is 4.06. The first kappa shape index (κ1) is 14.2. The summed E-state index contributed by atoms with van der Waals surface area (Å²) in [6, 6.07) is 0.00944. The molecule has 0 saturated carbocycles. The summed E-state index contributed by atoms with van der Waals surface area (Å²) in [5.74, 6) is 5.65. The summed E-state index contributed by atoms with van der Waals surface area (Å²) >= 11 is 0. The van der Waals surface area contributed by atoms with Crippen molar-refractivity contribution in [2.75, 3.05) is 6.61 Å². The van der Waals surface area contributed by atoms with E-state index in [-0.39, 0.29) is 12.1 Å². The minimum absolute atomic E-state index is 0.00944. The zero-order chi connectivity index (χ0) is 12.7. The lowest BCUT2D eigenvalue weighted by molar-refractivity contribution is 0.0276. The highest BCUT2D eigenvalue weighted by Crippen LogP contribution is 2.21. The van der Waals surface area contributed by atoms with Crippen LogP contribution in [0.4, 0.5) is 0 Å². The number of nitrogens with zero attached hydrogens (tertiary/aromatic N) is 2. The Kier molecular flexibility index (Phi) is 6.18. The molecular formula is C12H24N4O. The van der Waals surface area contributed by atoms with Crippen LogP contribution in [-0.2, 0) is 11.3 Å². The van der Waals surface area contributed by atoms with Gasteiger partial charge in [0.1, 0.15) is 0 Å². The number of aromatic nitrogens is 2. The molecule has 0 radical (unpaired) electrons. The van der Waals surface area contributed by atoms with Crippen LogP contribution in [0, 0.1) is 0 Å². The Morgan fingerprint density at radius 3 is 2.71 bits per heavy atom. The third-order valence-corrected chi connectivity index (χ3v) is 2.84. The molecule has 0 fully saturated rings. The van der Waals surface area contributed by atoms with Crippen molar-refractivity contribution in [3.05, 3.63) is 18.0 Å². The molecule has 1 aromatic heterocycles. The second-order valence-electron chi connectivity index (χ2n) is 4.06. The van der Waals surface area contributed by atoms with Crippen LogP contribution in [0.3, 0.4) is 0 Å². The Hall–Kier alpha value is -0.910. The zero-order valence-electron chi connectivity index (χ0n) is 11.0. The molecule has 3 N–H and O–H groups in total. The predicted molar refractivity (Wildman–Crippen MR) is 68.3 cm³/mol. The molecule has 1 heterocycles. The molecule has 5 nitrogen and oxygen atoms in total. The standard InChI is InChI=1S/C12H24N4O/c1-4-7-11(17-6-3)12(15-13)10-8-14-16(5-2)9-10/h8-9,11-12,15H,4-7,13H2,1-3H3. The Balaban J connectivity index is 2.79. The van der Waals surface area contributed by atoms with Crippen LogP contribution in [0.2, 0.25) is 0 Å². The smallest absolute Gasteiger partial charge is 0.0783 e. The van der Waals surface area contributed by atoms with E-state index in [1.807, 2.05) is 24.0 Å². The molecule has 0 aliphatic carbocycles. The molecular weight excluding hydrogens is 216 g/mol. The van der Waals surface area contributed by atoms with Crippen LogP contribution >= 0.6 is 0 Å². The van der Waals surface area contributed by atoms with Gasteiger partial charge in [0.25, 0.3) is 0 Å². The van der Waals surface area contributed by atoms with Crippen molar-refractivity contribution >= 4 is 0 Å². The molecule has 0 saturated heterocycles. The van der Waals surface area contributed by atoms with Crippen LogP contribution in [0.15, 0.2) is 12.4 Å². The summed E-state index contributed by atoms with van der Waals surface area (Å²) in [6.45, 7) is 7.78. The summed E-state index contributed by atoms with van der Waals surface area (Å²) in [4.78, 5) is 0. The van der Waals surface area contributed by atoms with E-state index in [1.165, 1.54) is 0 Å². The van der Waals surface area contributed by atoms with Gasteiger partial charge in [-0.25, -0.2) is 0 Å². The Bertz CT molecular complexity index is 307. The number of nitrogens with one attached hydrogen (secondary N) is 1. The van der Waals surface area contributed by atoms with Gasteiger partial charge in [-0.3, -0.25) is 16.0 Å². The highest BCUT2D eigenvalue weighted by molar-refractivity contribution is 5.12. The van der Waals surface area contributed by atoms with E-state index in [0.717, 1.165) is 24.9 Å². The number of rotatable bonds is 8. The first-order chi connectivity index (χ1) is 8.26.